The first-order valence-corrected chi connectivity index (χ1v) is 10.3. The van der Waals surface area contributed by atoms with Crippen molar-refractivity contribution in [3.63, 3.8) is 0 Å². The van der Waals surface area contributed by atoms with E-state index in [0.29, 0.717) is 17.3 Å². The molecule has 2 heterocycles. The summed E-state index contributed by atoms with van der Waals surface area (Å²) in [6, 6.07) is 12.3. The van der Waals surface area contributed by atoms with Crippen molar-refractivity contribution in [3.05, 3.63) is 70.8 Å². The molecular formula is C22H25N7O2. The van der Waals surface area contributed by atoms with Crippen LogP contribution >= 0.6 is 0 Å². The number of nitrogens with zero attached hydrogens (tertiary/aromatic N) is 3. The van der Waals surface area contributed by atoms with E-state index in [-0.39, 0.29) is 29.0 Å². The third-order valence-electron chi connectivity index (χ3n) is 5.40. The number of pyridine rings is 1. The first-order chi connectivity index (χ1) is 15.0. The molecule has 4 rings (SSSR count). The summed E-state index contributed by atoms with van der Waals surface area (Å²) in [6.07, 6.45) is 7.21. The van der Waals surface area contributed by atoms with Crippen LogP contribution in [-0.2, 0) is 0 Å². The summed E-state index contributed by atoms with van der Waals surface area (Å²) in [5, 5.41) is 6.42. The maximum Gasteiger partial charge on any atom is 0.255 e. The van der Waals surface area contributed by atoms with Gasteiger partial charge in [0.05, 0.1) is 5.69 Å². The van der Waals surface area contributed by atoms with Crippen LogP contribution in [0.3, 0.4) is 0 Å². The SMILES string of the molecule is NC(=O)c1cnc(N[C@@H]2CCCC[C@@H]2N)nc1Nc1cccc(-n2ccccc2=O)c1. The second-order valence-electron chi connectivity index (χ2n) is 7.60. The maximum atomic E-state index is 12.1. The topological polar surface area (TPSA) is 141 Å². The Labute approximate surface area is 179 Å². The Balaban J connectivity index is 1.62. The van der Waals surface area contributed by atoms with Gasteiger partial charge >= 0.3 is 0 Å². The fraction of sp³-hybridized carbons (Fsp3) is 0.273. The first kappa shape index (κ1) is 20.5. The number of carbonyl (C=O) groups excluding carboxylic acids is 1. The summed E-state index contributed by atoms with van der Waals surface area (Å²) in [7, 11) is 0. The van der Waals surface area contributed by atoms with E-state index in [4.69, 9.17) is 11.5 Å². The van der Waals surface area contributed by atoms with E-state index in [9.17, 15) is 9.59 Å². The van der Waals surface area contributed by atoms with Crippen LogP contribution in [0.5, 0.6) is 0 Å². The molecule has 9 heteroatoms. The van der Waals surface area contributed by atoms with Gasteiger partial charge in [0.25, 0.3) is 11.5 Å². The highest BCUT2D eigenvalue weighted by Gasteiger charge is 2.23. The second kappa shape index (κ2) is 8.97. The number of benzene rings is 1. The summed E-state index contributed by atoms with van der Waals surface area (Å²) in [6.45, 7) is 0. The van der Waals surface area contributed by atoms with E-state index in [1.54, 1.807) is 24.4 Å². The van der Waals surface area contributed by atoms with Gasteiger partial charge in [-0.3, -0.25) is 14.2 Å². The van der Waals surface area contributed by atoms with Gasteiger partial charge in [-0.05, 0) is 37.1 Å². The number of carbonyl (C=O) groups is 1. The molecule has 1 aliphatic rings. The van der Waals surface area contributed by atoms with Gasteiger partial charge in [0.2, 0.25) is 5.95 Å². The van der Waals surface area contributed by atoms with Crippen molar-refractivity contribution < 1.29 is 4.79 Å². The van der Waals surface area contributed by atoms with E-state index < -0.39 is 5.91 Å². The third-order valence-corrected chi connectivity index (χ3v) is 5.40. The Bertz CT molecular complexity index is 1140. The molecule has 31 heavy (non-hydrogen) atoms. The number of hydrogen-bond donors (Lipinski definition) is 4. The van der Waals surface area contributed by atoms with E-state index in [1.807, 2.05) is 18.2 Å². The predicted molar refractivity (Wildman–Crippen MR) is 120 cm³/mol. The monoisotopic (exact) mass is 419 g/mol. The molecule has 160 valence electrons. The van der Waals surface area contributed by atoms with Crippen LogP contribution in [0.15, 0.2) is 59.7 Å². The Morgan fingerprint density at radius 3 is 2.74 bits per heavy atom. The lowest BCUT2D eigenvalue weighted by Crippen LogP contribution is -2.43. The molecule has 6 N–H and O–H groups in total. The first-order valence-electron chi connectivity index (χ1n) is 10.3. The van der Waals surface area contributed by atoms with Gasteiger partial charge in [0.15, 0.2) is 0 Å². The van der Waals surface area contributed by atoms with Crippen LogP contribution < -0.4 is 27.7 Å². The van der Waals surface area contributed by atoms with Crippen molar-refractivity contribution in [3.8, 4) is 5.69 Å². The molecule has 2 aromatic heterocycles. The van der Waals surface area contributed by atoms with Gasteiger partial charge in [-0.15, -0.1) is 0 Å². The molecule has 9 nitrogen and oxygen atoms in total. The van der Waals surface area contributed by atoms with Crippen molar-refractivity contribution in [1.82, 2.24) is 14.5 Å². The number of nitrogens with one attached hydrogen (secondary N) is 2. The van der Waals surface area contributed by atoms with Gasteiger partial charge in [-0.1, -0.05) is 25.0 Å². The zero-order valence-electron chi connectivity index (χ0n) is 17.0. The largest absolute Gasteiger partial charge is 0.365 e. The van der Waals surface area contributed by atoms with Crippen LogP contribution in [0, 0.1) is 0 Å². The number of primary amides is 1. The highest BCUT2D eigenvalue weighted by atomic mass is 16.1. The molecule has 0 spiro atoms. The van der Waals surface area contributed by atoms with Crippen LogP contribution in [0.4, 0.5) is 17.5 Å². The van der Waals surface area contributed by atoms with E-state index >= 15 is 0 Å². The lowest BCUT2D eigenvalue weighted by atomic mass is 9.91. The zero-order valence-corrected chi connectivity index (χ0v) is 17.0. The molecule has 2 atom stereocenters. The number of anilines is 3. The number of aromatic nitrogens is 3. The lowest BCUT2D eigenvalue weighted by Gasteiger charge is -2.29. The fourth-order valence-corrected chi connectivity index (χ4v) is 3.74. The molecule has 1 aliphatic carbocycles. The van der Waals surface area contributed by atoms with E-state index in [2.05, 4.69) is 20.6 Å². The molecule has 0 radical (unpaired) electrons. The van der Waals surface area contributed by atoms with Gasteiger partial charge < -0.3 is 22.1 Å². The molecule has 1 fully saturated rings. The lowest BCUT2D eigenvalue weighted by molar-refractivity contribution is 0.100. The molecule has 0 aliphatic heterocycles. The van der Waals surface area contributed by atoms with E-state index in [0.717, 1.165) is 25.7 Å². The summed E-state index contributed by atoms with van der Waals surface area (Å²) in [5.41, 5.74) is 13.1. The van der Waals surface area contributed by atoms with Gasteiger partial charge in [-0.2, -0.15) is 4.98 Å². The molecule has 1 aromatic carbocycles. The highest BCUT2D eigenvalue weighted by Crippen LogP contribution is 2.24. The molecular weight excluding hydrogens is 394 g/mol. The summed E-state index contributed by atoms with van der Waals surface area (Å²) >= 11 is 0. The molecule has 3 aromatic rings. The number of hydrogen-bond acceptors (Lipinski definition) is 7. The molecule has 1 saturated carbocycles. The van der Waals surface area contributed by atoms with Crippen molar-refractivity contribution >= 4 is 23.4 Å². The molecule has 0 unspecified atom stereocenters. The number of amides is 1. The average Bonchev–Trinajstić information content (AvgIpc) is 2.76. The van der Waals surface area contributed by atoms with Gasteiger partial charge in [0.1, 0.15) is 11.4 Å². The van der Waals surface area contributed by atoms with Gasteiger partial charge in [0, 0.05) is 36.2 Å². The normalized spacial score (nSPS) is 18.4. The minimum Gasteiger partial charge on any atom is -0.365 e. The molecule has 0 saturated heterocycles. The summed E-state index contributed by atoms with van der Waals surface area (Å²) in [4.78, 5) is 32.8. The smallest absolute Gasteiger partial charge is 0.255 e. The predicted octanol–water partition coefficient (Wildman–Crippen LogP) is 2.15. The third kappa shape index (κ3) is 4.72. The quantitative estimate of drug-likeness (QED) is 0.480. The Morgan fingerprint density at radius 2 is 1.97 bits per heavy atom. The van der Waals surface area contributed by atoms with Crippen LogP contribution in [0.25, 0.3) is 5.69 Å². The Hall–Kier alpha value is -3.72. The van der Waals surface area contributed by atoms with Crippen LogP contribution in [0.2, 0.25) is 0 Å². The number of nitrogens with two attached hydrogens (primary N) is 2. The van der Waals surface area contributed by atoms with Gasteiger partial charge in [-0.25, -0.2) is 4.98 Å². The molecule has 1 amide bonds. The summed E-state index contributed by atoms with van der Waals surface area (Å²) < 4.78 is 1.53. The van der Waals surface area contributed by atoms with Crippen molar-refractivity contribution in [2.24, 2.45) is 11.5 Å². The van der Waals surface area contributed by atoms with E-state index in [1.165, 1.54) is 16.8 Å². The Morgan fingerprint density at radius 1 is 1.13 bits per heavy atom. The van der Waals surface area contributed by atoms with Crippen molar-refractivity contribution in [1.29, 1.82) is 0 Å². The minimum absolute atomic E-state index is 0.0328. The summed E-state index contributed by atoms with van der Waals surface area (Å²) in [5.74, 6) is 0.0241. The molecule has 0 bridgehead atoms. The number of rotatable bonds is 6. The second-order valence-corrected chi connectivity index (χ2v) is 7.60. The standard InChI is InChI=1S/C22H25N7O2/c23-17-8-1-2-9-18(17)27-22-25-13-16(20(24)31)21(28-22)26-14-6-5-7-15(12-14)29-11-4-3-10-19(29)30/h3-7,10-13,17-18H,1-2,8-9,23H2,(H2,24,31)(H2,25,26,27,28)/t17-,18+/m0/s1. The average molecular weight is 419 g/mol. The van der Waals surface area contributed by atoms with Crippen molar-refractivity contribution in [2.75, 3.05) is 10.6 Å². The van der Waals surface area contributed by atoms with Crippen LogP contribution in [-0.4, -0.2) is 32.5 Å². The fourth-order valence-electron chi connectivity index (χ4n) is 3.74. The highest BCUT2D eigenvalue weighted by molar-refractivity contribution is 5.98. The van der Waals surface area contributed by atoms with Crippen molar-refractivity contribution in [2.45, 2.75) is 37.8 Å². The zero-order chi connectivity index (χ0) is 21.8. The Kier molecular flexibility index (Phi) is 5.94. The minimum atomic E-state index is -0.640. The maximum absolute atomic E-state index is 12.1. The van der Waals surface area contributed by atoms with Crippen LogP contribution in [0.1, 0.15) is 36.0 Å².